The summed E-state index contributed by atoms with van der Waals surface area (Å²) in [5.74, 6) is -0.524. The van der Waals surface area contributed by atoms with E-state index < -0.39 is 12.1 Å². The van der Waals surface area contributed by atoms with Gasteiger partial charge in [0.05, 0.1) is 5.69 Å². The van der Waals surface area contributed by atoms with Crippen LogP contribution in [-0.4, -0.2) is 27.5 Å². The summed E-state index contributed by atoms with van der Waals surface area (Å²) in [6, 6.07) is 18.4. The van der Waals surface area contributed by atoms with Gasteiger partial charge < -0.3 is 14.4 Å². The minimum absolute atomic E-state index is 0.0125. The lowest BCUT2D eigenvalue weighted by molar-refractivity contribution is -0.144. The van der Waals surface area contributed by atoms with Crippen molar-refractivity contribution in [2.24, 2.45) is 0 Å². The molecular formula is C24H23NO4. The molecule has 0 saturated heterocycles. The second kappa shape index (κ2) is 9.06. The van der Waals surface area contributed by atoms with Gasteiger partial charge in [0, 0.05) is 18.3 Å². The maximum Gasteiger partial charge on any atom is 0.344 e. The van der Waals surface area contributed by atoms with E-state index in [9.17, 15) is 9.59 Å². The topological polar surface area (TPSA) is 68.5 Å². The first kappa shape index (κ1) is 20.1. The molecule has 1 aromatic heterocycles. The average molecular weight is 389 g/mol. The second-order valence-corrected chi connectivity index (χ2v) is 6.81. The van der Waals surface area contributed by atoms with Crippen molar-refractivity contribution >= 4 is 17.8 Å². The van der Waals surface area contributed by atoms with Gasteiger partial charge >= 0.3 is 5.97 Å². The molecule has 3 rings (SSSR count). The number of aliphatic carboxylic acids is 1. The van der Waals surface area contributed by atoms with Crippen molar-refractivity contribution < 1.29 is 19.4 Å². The zero-order chi connectivity index (χ0) is 20.8. The highest BCUT2D eigenvalue weighted by Gasteiger charge is 2.13. The molecule has 0 bridgehead atoms. The van der Waals surface area contributed by atoms with E-state index >= 15 is 0 Å². The summed E-state index contributed by atoms with van der Waals surface area (Å²) in [5.41, 5.74) is 3.30. The normalized spacial score (nSPS) is 12.1. The van der Waals surface area contributed by atoms with Crippen molar-refractivity contribution in [1.82, 2.24) is 4.57 Å². The van der Waals surface area contributed by atoms with Gasteiger partial charge in [-0.05, 0) is 43.7 Å². The van der Waals surface area contributed by atoms with Crippen LogP contribution in [0.5, 0.6) is 5.75 Å². The summed E-state index contributed by atoms with van der Waals surface area (Å²) in [7, 11) is 0. The Balaban J connectivity index is 1.69. The van der Waals surface area contributed by atoms with E-state index in [0.29, 0.717) is 23.6 Å². The lowest BCUT2D eigenvalue weighted by atomic mass is 10.1. The minimum atomic E-state index is -1.01. The van der Waals surface area contributed by atoms with Gasteiger partial charge in [-0.25, -0.2) is 4.79 Å². The first-order valence-electron chi connectivity index (χ1n) is 9.36. The van der Waals surface area contributed by atoms with Crippen LogP contribution in [0.3, 0.4) is 0 Å². The lowest BCUT2D eigenvalue weighted by Gasteiger charge is -2.10. The number of aryl methyl sites for hydroxylation is 1. The molecular weight excluding hydrogens is 366 g/mol. The molecule has 0 radical (unpaired) electrons. The Morgan fingerprint density at radius 1 is 1.10 bits per heavy atom. The van der Waals surface area contributed by atoms with Crippen LogP contribution in [0, 0.1) is 6.92 Å². The fourth-order valence-corrected chi connectivity index (χ4v) is 2.88. The molecule has 0 unspecified atom stereocenters. The van der Waals surface area contributed by atoms with Crippen LogP contribution < -0.4 is 4.74 Å². The summed E-state index contributed by atoms with van der Waals surface area (Å²) in [6.07, 6.45) is 4.83. The molecule has 2 aromatic carbocycles. The Hall–Kier alpha value is -3.60. The number of carbonyl (C=O) groups is 2. The van der Waals surface area contributed by atoms with Gasteiger partial charge in [-0.3, -0.25) is 4.79 Å². The number of ketones is 1. The van der Waals surface area contributed by atoms with E-state index in [1.165, 1.54) is 6.92 Å². The molecule has 0 spiro atoms. The summed E-state index contributed by atoms with van der Waals surface area (Å²) in [6.45, 7) is 4.02. The molecule has 0 saturated carbocycles. The molecule has 1 N–H and O–H groups in total. The third-order valence-corrected chi connectivity index (χ3v) is 4.51. The quantitative estimate of drug-likeness (QED) is 0.572. The Kier molecular flexibility index (Phi) is 6.29. The summed E-state index contributed by atoms with van der Waals surface area (Å²) < 4.78 is 7.29. The highest BCUT2D eigenvalue weighted by Crippen LogP contribution is 2.17. The summed E-state index contributed by atoms with van der Waals surface area (Å²) in [5, 5.41) is 8.96. The molecule has 3 aromatic rings. The predicted octanol–water partition coefficient (Wildman–Crippen LogP) is 4.59. The monoisotopic (exact) mass is 389 g/mol. The number of hydrogen-bond donors (Lipinski definition) is 1. The fraction of sp³-hybridized carbons (Fsp3) is 0.167. The van der Waals surface area contributed by atoms with Gasteiger partial charge in [0.2, 0.25) is 5.78 Å². The maximum absolute atomic E-state index is 12.8. The van der Waals surface area contributed by atoms with Crippen molar-refractivity contribution in [3.8, 4) is 5.75 Å². The van der Waals surface area contributed by atoms with E-state index in [1.807, 2.05) is 78.4 Å². The van der Waals surface area contributed by atoms with Gasteiger partial charge in [-0.1, -0.05) is 54.1 Å². The zero-order valence-corrected chi connectivity index (χ0v) is 16.4. The molecule has 0 aliphatic rings. The molecule has 148 valence electrons. The number of carboxylic acids is 1. The van der Waals surface area contributed by atoms with Gasteiger partial charge in [-0.15, -0.1) is 0 Å². The first-order valence-corrected chi connectivity index (χ1v) is 9.36. The molecule has 0 fully saturated rings. The Bertz CT molecular complexity index is 1030. The van der Waals surface area contributed by atoms with Crippen molar-refractivity contribution in [2.45, 2.75) is 26.5 Å². The number of nitrogens with zero attached hydrogens (tertiary/aromatic N) is 1. The van der Waals surface area contributed by atoms with E-state index in [-0.39, 0.29) is 5.78 Å². The Morgan fingerprint density at radius 3 is 2.59 bits per heavy atom. The summed E-state index contributed by atoms with van der Waals surface area (Å²) in [4.78, 5) is 23.7. The minimum Gasteiger partial charge on any atom is -0.479 e. The Labute approximate surface area is 169 Å². The highest BCUT2D eigenvalue weighted by molar-refractivity contribution is 6.08. The molecule has 29 heavy (non-hydrogen) atoms. The second-order valence-electron chi connectivity index (χ2n) is 6.81. The van der Waals surface area contributed by atoms with Gasteiger partial charge in [0.15, 0.2) is 6.10 Å². The molecule has 0 aliphatic carbocycles. The number of hydrogen-bond acceptors (Lipinski definition) is 3. The molecule has 0 aliphatic heterocycles. The Morgan fingerprint density at radius 2 is 1.86 bits per heavy atom. The van der Waals surface area contributed by atoms with Crippen LogP contribution in [0.25, 0.3) is 6.08 Å². The third-order valence-electron chi connectivity index (χ3n) is 4.51. The number of benzene rings is 2. The molecule has 1 atom stereocenters. The van der Waals surface area contributed by atoms with Gasteiger partial charge in [-0.2, -0.15) is 0 Å². The van der Waals surface area contributed by atoms with Crippen LogP contribution in [-0.2, 0) is 11.3 Å². The number of rotatable bonds is 8. The molecule has 5 heteroatoms. The van der Waals surface area contributed by atoms with E-state index in [1.54, 1.807) is 12.1 Å². The fourth-order valence-electron chi connectivity index (χ4n) is 2.88. The standard InChI is InChI=1S/C24H23NO4/c1-17-10-12-20(13-11-17)23(26)22-9-5-15-25(22)14-4-7-19-6-3-8-21(16-19)29-18(2)24(27)28/h3-13,15-16,18H,14H2,1-2H3,(H,27,28)/t18-/m0/s1. The number of carboxylic acid groups (broad SMARTS) is 1. The van der Waals surface area contributed by atoms with E-state index in [2.05, 4.69) is 0 Å². The van der Waals surface area contributed by atoms with Crippen LogP contribution in [0.1, 0.15) is 34.1 Å². The van der Waals surface area contributed by atoms with Crippen LogP contribution in [0.15, 0.2) is 72.9 Å². The van der Waals surface area contributed by atoms with Crippen molar-refractivity contribution in [1.29, 1.82) is 0 Å². The third kappa shape index (κ3) is 5.23. The van der Waals surface area contributed by atoms with Crippen LogP contribution >= 0.6 is 0 Å². The zero-order valence-electron chi connectivity index (χ0n) is 16.4. The molecule has 5 nitrogen and oxygen atoms in total. The smallest absolute Gasteiger partial charge is 0.344 e. The number of ether oxygens (including phenoxy) is 1. The first-order chi connectivity index (χ1) is 13.9. The number of allylic oxidation sites excluding steroid dienone is 1. The highest BCUT2D eigenvalue weighted by atomic mass is 16.5. The van der Waals surface area contributed by atoms with Crippen molar-refractivity contribution in [2.75, 3.05) is 0 Å². The lowest BCUT2D eigenvalue weighted by Crippen LogP contribution is -2.22. The van der Waals surface area contributed by atoms with Crippen LogP contribution in [0.2, 0.25) is 0 Å². The van der Waals surface area contributed by atoms with E-state index in [0.717, 1.165) is 11.1 Å². The molecule has 0 amide bonds. The van der Waals surface area contributed by atoms with Crippen LogP contribution in [0.4, 0.5) is 0 Å². The maximum atomic E-state index is 12.8. The number of aromatic nitrogens is 1. The van der Waals surface area contributed by atoms with Gasteiger partial charge in [0.1, 0.15) is 5.75 Å². The van der Waals surface area contributed by atoms with Crippen molar-refractivity contribution in [3.63, 3.8) is 0 Å². The van der Waals surface area contributed by atoms with Gasteiger partial charge in [0.25, 0.3) is 0 Å². The van der Waals surface area contributed by atoms with E-state index in [4.69, 9.17) is 9.84 Å². The largest absolute Gasteiger partial charge is 0.479 e. The predicted molar refractivity (Wildman–Crippen MR) is 112 cm³/mol. The molecule has 1 heterocycles. The summed E-state index contributed by atoms with van der Waals surface area (Å²) >= 11 is 0. The SMILES string of the molecule is Cc1ccc(C(=O)c2cccn2CC=Cc2cccc(O[C@@H](C)C(=O)O)c2)cc1. The average Bonchev–Trinajstić information content (AvgIpc) is 3.17. The number of carbonyl (C=O) groups excluding carboxylic acids is 1. The van der Waals surface area contributed by atoms with Crippen molar-refractivity contribution in [3.05, 3.63) is 95.3 Å².